The molecule has 8 nitrogen and oxygen atoms in total. The highest BCUT2D eigenvalue weighted by molar-refractivity contribution is 7.15. The van der Waals surface area contributed by atoms with Crippen LogP contribution in [-0.2, 0) is 6.54 Å². The SMILES string of the molecule is O=C(Nc1nnc(C(F)F)s1)c1ccc(=O)n(CCOc2ccccc2)n1. The van der Waals surface area contributed by atoms with Crippen LogP contribution in [0.4, 0.5) is 13.9 Å². The Balaban J connectivity index is 1.64. The molecule has 2 aromatic heterocycles. The van der Waals surface area contributed by atoms with Crippen LogP contribution < -0.4 is 15.6 Å². The zero-order valence-electron chi connectivity index (χ0n) is 13.7. The van der Waals surface area contributed by atoms with Crippen molar-refractivity contribution in [2.24, 2.45) is 0 Å². The predicted molar refractivity (Wildman–Crippen MR) is 93.3 cm³/mol. The molecule has 140 valence electrons. The van der Waals surface area contributed by atoms with Crippen LogP contribution in [-0.4, -0.2) is 32.5 Å². The highest BCUT2D eigenvalue weighted by atomic mass is 32.1. The number of carbonyl (C=O) groups is 1. The smallest absolute Gasteiger partial charge is 0.291 e. The van der Waals surface area contributed by atoms with Crippen molar-refractivity contribution >= 4 is 22.4 Å². The van der Waals surface area contributed by atoms with Gasteiger partial charge in [0.2, 0.25) is 5.13 Å². The number of hydrogen-bond donors (Lipinski definition) is 1. The molecule has 11 heteroatoms. The van der Waals surface area contributed by atoms with Crippen molar-refractivity contribution in [1.29, 1.82) is 0 Å². The summed E-state index contributed by atoms with van der Waals surface area (Å²) in [4.78, 5) is 24.1. The number of alkyl halides is 2. The fourth-order valence-electron chi connectivity index (χ4n) is 2.03. The summed E-state index contributed by atoms with van der Waals surface area (Å²) in [6, 6.07) is 11.5. The number of halogens is 2. The minimum atomic E-state index is -2.77. The number of rotatable bonds is 7. The fourth-order valence-corrected chi connectivity index (χ4v) is 2.63. The number of aromatic nitrogens is 4. The van der Waals surface area contributed by atoms with Crippen LogP contribution in [0.15, 0.2) is 47.3 Å². The lowest BCUT2D eigenvalue weighted by molar-refractivity contribution is 0.101. The molecule has 1 N–H and O–H groups in total. The molecule has 0 aliphatic carbocycles. The second kappa shape index (κ2) is 8.45. The van der Waals surface area contributed by atoms with Crippen LogP contribution in [0.3, 0.4) is 0 Å². The number of amides is 1. The Morgan fingerprint density at radius 1 is 1.19 bits per heavy atom. The van der Waals surface area contributed by atoms with Gasteiger partial charge in [-0.25, -0.2) is 13.5 Å². The van der Waals surface area contributed by atoms with Crippen molar-refractivity contribution in [3.05, 3.63) is 63.5 Å². The van der Waals surface area contributed by atoms with Crippen LogP contribution in [0, 0.1) is 0 Å². The van der Waals surface area contributed by atoms with Crippen molar-refractivity contribution in [3.63, 3.8) is 0 Å². The van der Waals surface area contributed by atoms with Gasteiger partial charge in [0.15, 0.2) is 5.01 Å². The zero-order chi connectivity index (χ0) is 19.2. The maximum absolute atomic E-state index is 12.5. The Morgan fingerprint density at radius 3 is 2.67 bits per heavy atom. The molecular formula is C16H13F2N5O3S. The maximum atomic E-state index is 12.5. The van der Waals surface area contributed by atoms with E-state index in [0.717, 1.165) is 4.68 Å². The third-order valence-corrected chi connectivity index (χ3v) is 4.11. The van der Waals surface area contributed by atoms with Gasteiger partial charge in [0.05, 0.1) is 6.54 Å². The summed E-state index contributed by atoms with van der Waals surface area (Å²) in [5.41, 5.74) is -0.470. The number of nitrogens with one attached hydrogen (secondary N) is 1. The topological polar surface area (TPSA) is 99.0 Å². The average molecular weight is 393 g/mol. The number of anilines is 1. The van der Waals surface area contributed by atoms with Gasteiger partial charge in [0.1, 0.15) is 18.1 Å². The van der Waals surface area contributed by atoms with Crippen LogP contribution >= 0.6 is 11.3 Å². The number of ether oxygens (including phenoxy) is 1. The summed E-state index contributed by atoms with van der Waals surface area (Å²) in [6.07, 6.45) is -2.77. The van der Waals surface area contributed by atoms with E-state index in [9.17, 15) is 18.4 Å². The first kappa shape index (κ1) is 18.6. The van der Waals surface area contributed by atoms with Crippen LogP contribution in [0.1, 0.15) is 21.9 Å². The van der Waals surface area contributed by atoms with E-state index < -0.39 is 22.9 Å². The Hall–Kier alpha value is -3.21. The molecule has 0 atom stereocenters. The van der Waals surface area contributed by atoms with Gasteiger partial charge in [0, 0.05) is 6.07 Å². The number of benzene rings is 1. The first-order chi connectivity index (χ1) is 13.0. The molecule has 1 amide bonds. The van der Waals surface area contributed by atoms with Crippen LogP contribution in [0.5, 0.6) is 5.75 Å². The molecule has 27 heavy (non-hydrogen) atoms. The van der Waals surface area contributed by atoms with Crippen LogP contribution in [0.2, 0.25) is 0 Å². The van der Waals surface area contributed by atoms with E-state index in [1.165, 1.54) is 12.1 Å². The van der Waals surface area contributed by atoms with E-state index in [4.69, 9.17) is 4.74 Å². The van der Waals surface area contributed by atoms with Gasteiger partial charge < -0.3 is 4.74 Å². The largest absolute Gasteiger partial charge is 0.492 e. The van der Waals surface area contributed by atoms with Crippen molar-refractivity contribution in [3.8, 4) is 5.75 Å². The second-order valence-electron chi connectivity index (χ2n) is 5.14. The van der Waals surface area contributed by atoms with Gasteiger partial charge in [-0.3, -0.25) is 14.9 Å². The van der Waals surface area contributed by atoms with E-state index in [2.05, 4.69) is 20.6 Å². The van der Waals surface area contributed by atoms with Crippen molar-refractivity contribution < 1.29 is 18.3 Å². The lowest BCUT2D eigenvalue weighted by Crippen LogP contribution is -2.28. The average Bonchev–Trinajstić information content (AvgIpc) is 3.13. The summed E-state index contributed by atoms with van der Waals surface area (Å²) in [6.45, 7) is 0.305. The summed E-state index contributed by atoms with van der Waals surface area (Å²) in [5, 5.41) is 12.4. The van der Waals surface area contributed by atoms with E-state index in [-0.39, 0.29) is 24.0 Å². The third-order valence-electron chi connectivity index (χ3n) is 3.26. The van der Waals surface area contributed by atoms with Crippen molar-refractivity contribution in [1.82, 2.24) is 20.0 Å². The summed E-state index contributed by atoms with van der Waals surface area (Å²) >= 11 is 0.562. The summed E-state index contributed by atoms with van der Waals surface area (Å²) in [7, 11) is 0. The molecule has 0 saturated heterocycles. The molecule has 0 fully saturated rings. The molecule has 0 spiro atoms. The minimum Gasteiger partial charge on any atom is -0.492 e. The number of hydrogen-bond acceptors (Lipinski definition) is 7. The summed E-state index contributed by atoms with van der Waals surface area (Å²) in [5.74, 6) is -0.0461. The molecule has 3 aromatic rings. The first-order valence-corrected chi connectivity index (χ1v) is 8.53. The number of nitrogens with zero attached hydrogens (tertiary/aromatic N) is 4. The molecule has 0 aliphatic heterocycles. The van der Waals surface area contributed by atoms with E-state index in [0.29, 0.717) is 17.1 Å². The Labute approximate surface area is 155 Å². The molecule has 1 aromatic carbocycles. The van der Waals surface area contributed by atoms with Gasteiger partial charge in [-0.15, -0.1) is 10.2 Å². The standard InChI is InChI=1S/C16H13F2N5O3S/c17-13(18)15-20-21-16(27-15)19-14(25)11-6-7-12(24)23(22-11)8-9-26-10-4-2-1-3-5-10/h1-7,13H,8-9H2,(H,19,21,25). The van der Waals surface area contributed by atoms with Crippen LogP contribution in [0.25, 0.3) is 0 Å². The molecule has 0 aliphatic rings. The Morgan fingerprint density at radius 2 is 1.96 bits per heavy atom. The highest BCUT2D eigenvalue weighted by Gasteiger charge is 2.17. The molecule has 0 bridgehead atoms. The van der Waals surface area contributed by atoms with Gasteiger partial charge in [-0.2, -0.15) is 5.10 Å². The lowest BCUT2D eigenvalue weighted by Gasteiger charge is -2.08. The van der Waals surface area contributed by atoms with E-state index in [1.54, 1.807) is 12.1 Å². The molecule has 0 saturated carbocycles. The second-order valence-corrected chi connectivity index (χ2v) is 6.15. The highest BCUT2D eigenvalue weighted by Crippen LogP contribution is 2.25. The minimum absolute atomic E-state index is 0.0666. The van der Waals surface area contributed by atoms with E-state index in [1.807, 2.05) is 18.2 Å². The molecule has 0 unspecified atom stereocenters. The fraction of sp³-hybridized carbons (Fsp3) is 0.188. The Kier molecular flexibility index (Phi) is 5.81. The maximum Gasteiger partial charge on any atom is 0.291 e. The number of para-hydroxylation sites is 1. The van der Waals surface area contributed by atoms with Crippen molar-refractivity contribution in [2.75, 3.05) is 11.9 Å². The first-order valence-electron chi connectivity index (χ1n) is 7.72. The Bertz CT molecular complexity index is 977. The lowest BCUT2D eigenvalue weighted by atomic mass is 10.3. The zero-order valence-corrected chi connectivity index (χ0v) is 14.5. The molecule has 3 rings (SSSR count). The van der Waals surface area contributed by atoms with Gasteiger partial charge in [-0.1, -0.05) is 29.5 Å². The molecular weight excluding hydrogens is 380 g/mol. The summed E-state index contributed by atoms with van der Waals surface area (Å²) < 4.78 is 31.6. The van der Waals surface area contributed by atoms with Crippen molar-refractivity contribution in [2.45, 2.75) is 13.0 Å². The normalized spacial score (nSPS) is 10.8. The monoisotopic (exact) mass is 393 g/mol. The third kappa shape index (κ3) is 4.91. The van der Waals surface area contributed by atoms with E-state index >= 15 is 0 Å². The number of carbonyl (C=O) groups excluding carboxylic acids is 1. The predicted octanol–water partition coefficient (Wildman–Crippen LogP) is 2.36. The van der Waals surface area contributed by atoms with Gasteiger partial charge in [0.25, 0.3) is 17.9 Å². The van der Waals surface area contributed by atoms with Gasteiger partial charge in [-0.05, 0) is 18.2 Å². The molecule has 0 radical (unpaired) electrons. The van der Waals surface area contributed by atoms with Gasteiger partial charge >= 0.3 is 0 Å². The molecule has 2 heterocycles. The quantitative estimate of drug-likeness (QED) is 0.662.